The fourth-order valence-corrected chi connectivity index (χ4v) is 5.65. The molecule has 0 saturated heterocycles. The fourth-order valence-electron chi connectivity index (χ4n) is 5.65. The van der Waals surface area contributed by atoms with Gasteiger partial charge < -0.3 is 20.6 Å². The minimum absolute atomic E-state index is 0.315. The Kier molecular flexibility index (Phi) is 32.3. The summed E-state index contributed by atoms with van der Waals surface area (Å²) in [7, 11) is 0. The van der Waals surface area contributed by atoms with Gasteiger partial charge in [-0.3, -0.25) is 4.79 Å². The molecule has 0 rings (SSSR count). The Morgan fingerprint density at radius 2 is 0.905 bits per heavy atom. The summed E-state index contributed by atoms with van der Waals surface area (Å²) in [6.45, 7) is 4.18. The van der Waals surface area contributed by atoms with Crippen molar-refractivity contribution in [3.05, 3.63) is 12.2 Å². The van der Waals surface area contributed by atoms with E-state index in [0.29, 0.717) is 12.8 Å². The molecule has 3 atom stereocenters. The molecule has 0 aromatic carbocycles. The second-order valence-electron chi connectivity index (χ2n) is 12.8. The lowest BCUT2D eigenvalue weighted by Crippen LogP contribution is -2.49. The summed E-state index contributed by atoms with van der Waals surface area (Å²) < 4.78 is 0. The van der Waals surface area contributed by atoms with E-state index in [2.05, 4.69) is 31.3 Å². The third-order valence-corrected chi connectivity index (χ3v) is 8.63. The van der Waals surface area contributed by atoms with E-state index in [9.17, 15) is 20.1 Å². The number of hydrogen-bond acceptors (Lipinski definition) is 4. The van der Waals surface area contributed by atoms with Crippen LogP contribution in [0, 0.1) is 0 Å². The maximum absolute atomic E-state index is 12.4. The maximum Gasteiger partial charge on any atom is 0.249 e. The van der Waals surface area contributed by atoms with Gasteiger partial charge in [0.2, 0.25) is 5.91 Å². The molecule has 5 heteroatoms. The summed E-state index contributed by atoms with van der Waals surface area (Å²) >= 11 is 0. The predicted octanol–water partition coefficient (Wildman–Crippen LogP) is 9.70. The van der Waals surface area contributed by atoms with E-state index in [4.69, 9.17) is 0 Å². The van der Waals surface area contributed by atoms with Gasteiger partial charge in [0, 0.05) is 0 Å². The molecule has 0 heterocycles. The third kappa shape index (κ3) is 27.9. The number of allylic oxidation sites excluding steroid dienone is 2. The van der Waals surface area contributed by atoms with Gasteiger partial charge in [-0.25, -0.2) is 0 Å². The van der Waals surface area contributed by atoms with Crippen LogP contribution in [0.4, 0.5) is 0 Å². The van der Waals surface area contributed by atoms with Gasteiger partial charge in [0.05, 0.1) is 18.8 Å². The molecule has 5 nitrogen and oxygen atoms in total. The molecule has 0 aliphatic carbocycles. The summed E-state index contributed by atoms with van der Waals surface area (Å²) in [6, 6.07) is -0.711. The van der Waals surface area contributed by atoms with Gasteiger partial charge in [-0.2, -0.15) is 0 Å². The van der Waals surface area contributed by atoms with Crippen LogP contribution in [-0.2, 0) is 4.79 Å². The van der Waals surface area contributed by atoms with Crippen LogP contribution >= 0.6 is 0 Å². The quantitative estimate of drug-likeness (QED) is 0.0449. The van der Waals surface area contributed by atoms with E-state index >= 15 is 0 Å². The number of nitrogens with one attached hydrogen (secondary N) is 1. The van der Waals surface area contributed by atoms with E-state index in [0.717, 1.165) is 44.9 Å². The van der Waals surface area contributed by atoms with E-state index < -0.39 is 24.2 Å². The summed E-state index contributed by atoms with van der Waals surface area (Å²) in [6.07, 6.45) is 36.2. The SMILES string of the molecule is CCCCC/C=C\CCCCCCC(O)C(=O)NC(CO)C(O)CCCCCCCCCCCCCCCCCCC. The minimum Gasteiger partial charge on any atom is -0.394 e. The molecule has 0 radical (unpaired) electrons. The van der Waals surface area contributed by atoms with Crippen molar-refractivity contribution in [2.75, 3.05) is 6.61 Å². The summed E-state index contributed by atoms with van der Waals surface area (Å²) in [4.78, 5) is 12.4. The molecule has 0 saturated carbocycles. The zero-order valence-electron chi connectivity index (χ0n) is 28.1. The first kappa shape index (κ1) is 41.1. The molecular formula is C37H73NO4. The molecule has 0 aliphatic rings. The molecule has 42 heavy (non-hydrogen) atoms. The van der Waals surface area contributed by atoms with Crippen LogP contribution in [0.25, 0.3) is 0 Å². The Bertz CT molecular complexity index is 582. The lowest BCUT2D eigenvalue weighted by Gasteiger charge is -2.23. The Labute approximate surface area is 261 Å². The highest BCUT2D eigenvalue weighted by Crippen LogP contribution is 2.15. The van der Waals surface area contributed by atoms with Crippen LogP contribution in [0.3, 0.4) is 0 Å². The highest BCUT2D eigenvalue weighted by molar-refractivity contribution is 5.80. The van der Waals surface area contributed by atoms with Gasteiger partial charge in [0.15, 0.2) is 0 Å². The van der Waals surface area contributed by atoms with Crippen LogP contribution in [0.15, 0.2) is 12.2 Å². The van der Waals surface area contributed by atoms with Gasteiger partial charge in [-0.1, -0.05) is 167 Å². The number of carbonyl (C=O) groups excluding carboxylic acids is 1. The van der Waals surface area contributed by atoms with Crippen LogP contribution < -0.4 is 5.32 Å². The number of carbonyl (C=O) groups is 1. The first-order chi connectivity index (χ1) is 20.6. The molecule has 0 aromatic heterocycles. The number of rotatable bonds is 33. The number of unbranched alkanes of at least 4 members (excludes halogenated alkanes) is 23. The zero-order valence-corrected chi connectivity index (χ0v) is 28.1. The standard InChI is InChI=1S/C37H73NO4/c1-3-5-7-9-11-13-15-16-17-18-19-20-22-23-25-27-29-31-35(40)34(33-39)38-37(42)36(41)32-30-28-26-24-21-14-12-10-8-6-4-2/h12,14,34-36,39-41H,3-11,13,15-33H2,1-2H3,(H,38,42)/b14-12-. The fraction of sp³-hybridized carbons (Fsp3) is 0.919. The topological polar surface area (TPSA) is 89.8 Å². The second kappa shape index (κ2) is 33.0. The molecule has 1 amide bonds. The van der Waals surface area contributed by atoms with E-state index in [1.165, 1.54) is 122 Å². The minimum atomic E-state index is -1.08. The number of aliphatic hydroxyl groups excluding tert-OH is 3. The van der Waals surface area contributed by atoms with Crippen LogP contribution in [0.1, 0.15) is 194 Å². The first-order valence-corrected chi connectivity index (χ1v) is 18.5. The maximum atomic E-state index is 12.4. The Balaban J connectivity index is 3.66. The van der Waals surface area contributed by atoms with Crippen molar-refractivity contribution in [1.29, 1.82) is 0 Å². The molecule has 0 fully saturated rings. The lowest BCUT2D eigenvalue weighted by atomic mass is 10.0. The number of amides is 1. The monoisotopic (exact) mass is 596 g/mol. The third-order valence-electron chi connectivity index (χ3n) is 8.63. The Morgan fingerprint density at radius 1 is 0.548 bits per heavy atom. The molecular weight excluding hydrogens is 522 g/mol. The van der Waals surface area contributed by atoms with Gasteiger partial charge in [-0.15, -0.1) is 0 Å². The Morgan fingerprint density at radius 3 is 1.36 bits per heavy atom. The second-order valence-corrected chi connectivity index (χ2v) is 12.8. The van der Waals surface area contributed by atoms with E-state index in [1.54, 1.807) is 0 Å². The van der Waals surface area contributed by atoms with Crippen molar-refractivity contribution in [3.8, 4) is 0 Å². The molecule has 0 aliphatic heterocycles. The van der Waals surface area contributed by atoms with Crippen LogP contribution in [0.5, 0.6) is 0 Å². The molecule has 4 N–H and O–H groups in total. The largest absolute Gasteiger partial charge is 0.394 e. The summed E-state index contributed by atoms with van der Waals surface area (Å²) in [5, 5.41) is 33.1. The van der Waals surface area contributed by atoms with E-state index in [1.807, 2.05) is 0 Å². The van der Waals surface area contributed by atoms with E-state index in [-0.39, 0.29) is 6.61 Å². The summed E-state index contributed by atoms with van der Waals surface area (Å²) in [5.41, 5.74) is 0. The first-order valence-electron chi connectivity index (χ1n) is 18.5. The van der Waals surface area contributed by atoms with Crippen molar-refractivity contribution in [3.63, 3.8) is 0 Å². The van der Waals surface area contributed by atoms with Gasteiger partial charge in [-0.05, 0) is 38.5 Å². The van der Waals surface area contributed by atoms with Gasteiger partial charge in [0.1, 0.15) is 6.10 Å². The van der Waals surface area contributed by atoms with Crippen molar-refractivity contribution in [2.45, 2.75) is 212 Å². The van der Waals surface area contributed by atoms with Crippen molar-refractivity contribution in [2.24, 2.45) is 0 Å². The smallest absolute Gasteiger partial charge is 0.249 e. The highest BCUT2D eigenvalue weighted by Gasteiger charge is 2.23. The van der Waals surface area contributed by atoms with Crippen molar-refractivity contribution >= 4 is 5.91 Å². The molecule has 3 unspecified atom stereocenters. The van der Waals surface area contributed by atoms with Crippen LogP contribution in [-0.4, -0.2) is 46.1 Å². The van der Waals surface area contributed by atoms with Crippen molar-refractivity contribution < 1.29 is 20.1 Å². The molecule has 0 aromatic rings. The van der Waals surface area contributed by atoms with Crippen molar-refractivity contribution in [1.82, 2.24) is 5.32 Å². The van der Waals surface area contributed by atoms with Crippen LogP contribution in [0.2, 0.25) is 0 Å². The van der Waals surface area contributed by atoms with Gasteiger partial charge in [0.25, 0.3) is 0 Å². The Hall–Kier alpha value is -0.910. The average molecular weight is 596 g/mol. The lowest BCUT2D eigenvalue weighted by molar-refractivity contribution is -0.131. The number of hydrogen-bond donors (Lipinski definition) is 4. The highest BCUT2D eigenvalue weighted by atomic mass is 16.3. The van der Waals surface area contributed by atoms with Gasteiger partial charge >= 0.3 is 0 Å². The molecule has 0 spiro atoms. The number of aliphatic hydroxyl groups is 3. The molecule has 250 valence electrons. The normalized spacial score (nSPS) is 13.9. The summed E-state index contributed by atoms with van der Waals surface area (Å²) in [5.74, 6) is -0.481. The zero-order chi connectivity index (χ0) is 30.9. The predicted molar refractivity (Wildman–Crippen MR) is 181 cm³/mol. The molecule has 0 bridgehead atoms. The average Bonchev–Trinajstić information content (AvgIpc) is 2.99.